The van der Waals surface area contributed by atoms with E-state index in [1.54, 1.807) is 6.08 Å². The summed E-state index contributed by atoms with van der Waals surface area (Å²) < 4.78 is 5.75. The maximum atomic E-state index is 12.9. The number of benzene rings is 1. The smallest absolute Gasteiger partial charge is 0.244 e. The van der Waals surface area contributed by atoms with Gasteiger partial charge in [-0.1, -0.05) is 55.0 Å². The lowest BCUT2D eigenvalue weighted by atomic mass is 9.72. The number of nitrogens with two attached hydrogens (primary N) is 1. The second kappa shape index (κ2) is 10.8. The van der Waals surface area contributed by atoms with E-state index >= 15 is 0 Å². The Balaban J connectivity index is 1.92. The molecular weight excluding hydrogens is 352 g/mol. The van der Waals surface area contributed by atoms with E-state index < -0.39 is 11.3 Å². The molecular formula is C23H32N2O3. The normalized spacial score (nSPS) is 18.9. The highest BCUT2D eigenvalue weighted by Crippen LogP contribution is 2.39. The Bertz CT molecular complexity index is 725. The summed E-state index contributed by atoms with van der Waals surface area (Å²) in [6.45, 7) is 5.79. The van der Waals surface area contributed by atoms with Crippen LogP contribution in [0.25, 0.3) is 0 Å². The number of amides is 2. The molecule has 1 aromatic rings. The first-order valence-electron chi connectivity index (χ1n) is 10.1. The minimum atomic E-state index is -0.711. The fraction of sp³-hybridized carbons (Fsp3) is 0.478. The van der Waals surface area contributed by atoms with Gasteiger partial charge in [-0.15, -0.1) is 0 Å². The number of unbranched alkanes of at least 4 members (excludes halogenated alkanes) is 1. The van der Waals surface area contributed by atoms with Crippen molar-refractivity contribution < 1.29 is 14.3 Å². The molecule has 3 N–H and O–H groups in total. The first-order chi connectivity index (χ1) is 13.5. The summed E-state index contributed by atoms with van der Waals surface area (Å²) in [6.07, 6.45) is 7.38. The van der Waals surface area contributed by atoms with Crippen LogP contribution in [0.1, 0.15) is 51.5 Å². The molecule has 28 heavy (non-hydrogen) atoms. The zero-order valence-electron chi connectivity index (χ0n) is 17.0. The molecule has 1 aliphatic carbocycles. The van der Waals surface area contributed by atoms with Gasteiger partial charge in [0.05, 0.1) is 12.0 Å². The second-order valence-electron chi connectivity index (χ2n) is 7.51. The van der Waals surface area contributed by atoms with Crippen LogP contribution in [-0.4, -0.2) is 25.0 Å². The van der Waals surface area contributed by atoms with Crippen LogP contribution in [-0.2, 0) is 20.9 Å². The minimum Gasteiger partial charge on any atom is -0.377 e. The molecule has 0 bridgehead atoms. The van der Waals surface area contributed by atoms with Crippen molar-refractivity contribution in [2.75, 3.05) is 13.2 Å². The van der Waals surface area contributed by atoms with Crippen LogP contribution in [0.2, 0.25) is 0 Å². The number of carbonyl (C=O) groups is 2. The molecule has 5 heteroatoms. The van der Waals surface area contributed by atoms with E-state index in [-0.39, 0.29) is 5.91 Å². The van der Waals surface area contributed by atoms with Crippen molar-refractivity contribution in [1.29, 1.82) is 0 Å². The SMILES string of the molecule is CCCNC(=O)C1(CCCCOCc2ccccc2)C=C(C)C=C(C(N)=O)C1. The zero-order chi connectivity index (χ0) is 20.4. The van der Waals surface area contributed by atoms with E-state index in [1.165, 1.54) is 0 Å². The van der Waals surface area contributed by atoms with Crippen LogP contribution >= 0.6 is 0 Å². The van der Waals surface area contributed by atoms with Crippen molar-refractivity contribution in [2.24, 2.45) is 11.1 Å². The number of hydrogen-bond donors (Lipinski definition) is 2. The Labute approximate surface area is 168 Å². The van der Waals surface area contributed by atoms with Crippen LogP contribution in [0.3, 0.4) is 0 Å². The molecule has 5 nitrogen and oxygen atoms in total. The van der Waals surface area contributed by atoms with Gasteiger partial charge in [0.25, 0.3) is 0 Å². The van der Waals surface area contributed by atoms with Crippen LogP contribution in [0.5, 0.6) is 0 Å². The molecule has 0 saturated heterocycles. The Kier molecular flexibility index (Phi) is 8.45. The summed E-state index contributed by atoms with van der Waals surface area (Å²) in [5.74, 6) is -0.475. The highest BCUT2D eigenvalue weighted by Gasteiger charge is 2.39. The molecule has 2 rings (SSSR count). The van der Waals surface area contributed by atoms with Crippen molar-refractivity contribution in [3.63, 3.8) is 0 Å². The predicted molar refractivity (Wildman–Crippen MR) is 111 cm³/mol. The molecule has 1 aliphatic rings. The lowest BCUT2D eigenvalue weighted by molar-refractivity contribution is -0.129. The Morgan fingerprint density at radius 2 is 1.96 bits per heavy atom. The average Bonchev–Trinajstić information content (AvgIpc) is 2.69. The number of carbonyl (C=O) groups excluding carboxylic acids is 2. The van der Waals surface area contributed by atoms with E-state index in [4.69, 9.17) is 10.5 Å². The quantitative estimate of drug-likeness (QED) is 0.572. The van der Waals surface area contributed by atoms with Crippen LogP contribution < -0.4 is 11.1 Å². The van der Waals surface area contributed by atoms with Gasteiger partial charge in [0, 0.05) is 18.7 Å². The van der Waals surface area contributed by atoms with E-state index in [1.807, 2.05) is 50.3 Å². The maximum absolute atomic E-state index is 12.9. The van der Waals surface area contributed by atoms with Crippen molar-refractivity contribution in [2.45, 2.75) is 52.6 Å². The van der Waals surface area contributed by atoms with Crippen molar-refractivity contribution >= 4 is 11.8 Å². The molecule has 0 saturated carbocycles. The summed E-state index contributed by atoms with van der Waals surface area (Å²) in [5, 5.41) is 3.00. The minimum absolute atomic E-state index is 0.0225. The molecule has 0 heterocycles. The van der Waals surface area contributed by atoms with Gasteiger partial charge in [-0.05, 0) is 44.6 Å². The first-order valence-corrected chi connectivity index (χ1v) is 10.1. The molecule has 1 unspecified atom stereocenters. The van der Waals surface area contributed by atoms with Crippen LogP contribution in [0.4, 0.5) is 0 Å². The summed E-state index contributed by atoms with van der Waals surface area (Å²) >= 11 is 0. The molecule has 1 atom stereocenters. The van der Waals surface area contributed by atoms with Crippen molar-refractivity contribution in [3.8, 4) is 0 Å². The van der Waals surface area contributed by atoms with Gasteiger partial charge < -0.3 is 15.8 Å². The molecule has 152 valence electrons. The van der Waals surface area contributed by atoms with Crippen molar-refractivity contribution in [1.82, 2.24) is 5.32 Å². The fourth-order valence-corrected chi connectivity index (χ4v) is 3.60. The van der Waals surface area contributed by atoms with Gasteiger partial charge in [0.2, 0.25) is 11.8 Å². The Hall–Kier alpha value is -2.40. The molecule has 0 radical (unpaired) electrons. The number of ether oxygens (including phenoxy) is 1. The van der Waals surface area contributed by atoms with Crippen LogP contribution in [0.15, 0.2) is 53.6 Å². The Morgan fingerprint density at radius 1 is 1.21 bits per heavy atom. The molecule has 0 spiro atoms. The number of rotatable bonds is 11. The lowest BCUT2D eigenvalue weighted by Gasteiger charge is -2.33. The highest BCUT2D eigenvalue weighted by atomic mass is 16.5. The van der Waals surface area contributed by atoms with E-state index in [0.717, 1.165) is 30.4 Å². The van der Waals surface area contributed by atoms with E-state index in [0.29, 0.717) is 38.2 Å². The first kappa shape index (κ1) is 21.9. The van der Waals surface area contributed by atoms with E-state index in [9.17, 15) is 9.59 Å². The summed E-state index contributed by atoms with van der Waals surface area (Å²) in [6, 6.07) is 10.1. The standard InChI is InChI=1S/C23H32N2O3/c1-3-12-25-22(27)23(15-18(2)14-20(16-23)21(24)26)11-7-8-13-28-17-19-9-5-4-6-10-19/h4-6,9-10,14-15H,3,7-8,11-13,16-17H2,1-2H3,(H2,24,26)(H,25,27). The molecule has 2 amide bonds. The van der Waals surface area contributed by atoms with Gasteiger partial charge in [-0.2, -0.15) is 0 Å². The van der Waals surface area contributed by atoms with Crippen LogP contribution in [0, 0.1) is 5.41 Å². The number of allylic oxidation sites excluding steroid dienone is 2. The molecule has 0 aliphatic heterocycles. The molecule has 0 aromatic heterocycles. The highest BCUT2D eigenvalue weighted by molar-refractivity contribution is 5.95. The summed E-state index contributed by atoms with van der Waals surface area (Å²) in [7, 11) is 0. The topological polar surface area (TPSA) is 81.4 Å². The van der Waals surface area contributed by atoms with Crippen molar-refractivity contribution in [3.05, 3.63) is 59.2 Å². The molecule has 0 fully saturated rings. The lowest BCUT2D eigenvalue weighted by Crippen LogP contribution is -2.42. The largest absolute Gasteiger partial charge is 0.377 e. The number of primary amides is 1. The average molecular weight is 385 g/mol. The Morgan fingerprint density at radius 3 is 2.64 bits per heavy atom. The summed E-state index contributed by atoms with van der Waals surface area (Å²) in [5.41, 5.74) is 7.39. The van der Waals surface area contributed by atoms with E-state index in [2.05, 4.69) is 5.32 Å². The fourth-order valence-electron chi connectivity index (χ4n) is 3.60. The predicted octanol–water partition coefficient (Wildman–Crippen LogP) is 3.65. The second-order valence-corrected chi connectivity index (χ2v) is 7.51. The third-order valence-electron chi connectivity index (χ3n) is 4.99. The number of hydrogen-bond acceptors (Lipinski definition) is 3. The van der Waals surface area contributed by atoms with Gasteiger partial charge in [0.15, 0.2) is 0 Å². The molecule has 1 aromatic carbocycles. The maximum Gasteiger partial charge on any atom is 0.244 e. The van der Waals surface area contributed by atoms with Gasteiger partial charge in [-0.3, -0.25) is 9.59 Å². The summed E-state index contributed by atoms with van der Waals surface area (Å²) in [4.78, 5) is 24.7. The number of nitrogens with one attached hydrogen (secondary N) is 1. The zero-order valence-corrected chi connectivity index (χ0v) is 17.0. The monoisotopic (exact) mass is 384 g/mol. The van der Waals surface area contributed by atoms with Gasteiger partial charge in [0.1, 0.15) is 0 Å². The van der Waals surface area contributed by atoms with Gasteiger partial charge >= 0.3 is 0 Å². The third-order valence-corrected chi connectivity index (χ3v) is 4.99. The van der Waals surface area contributed by atoms with Gasteiger partial charge in [-0.25, -0.2) is 0 Å². The third kappa shape index (κ3) is 6.34.